The van der Waals surface area contributed by atoms with Crippen LogP contribution >= 0.6 is 0 Å². The van der Waals surface area contributed by atoms with Crippen molar-refractivity contribution in [2.24, 2.45) is 0 Å². The quantitative estimate of drug-likeness (QED) is 0.280. The molecule has 3 aromatic rings. The molecule has 36 heavy (non-hydrogen) atoms. The Bertz CT molecular complexity index is 1260. The molecule has 0 aromatic heterocycles. The van der Waals surface area contributed by atoms with Crippen LogP contribution < -0.4 is 14.4 Å². The molecule has 0 aliphatic heterocycles. The molecule has 0 unspecified atom stereocenters. The van der Waals surface area contributed by atoms with Crippen molar-refractivity contribution in [3.63, 3.8) is 0 Å². The summed E-state index contributed by atoms with van der Waals surface area (Å²) in [4.78, 5) is 25.0. The van der Waals surface area contributed by atoms with E-state index in [9.17, 15) is 18.0 Å². The van der Waals surface area contributed by atoms with Gasteiger partial charge in [0.25, 0.3) is 0 Å². The lowest BCUT2D eigenvalue weighted by molar-refractivity contribution is -0.116. The molecule has 8 nitrogen and oxygen atoms in total. The highest BCUT2D eigenvalue weighted by molar-refractivity contribution is 7.92. The lowest BCUT2D eigenvalue weighted by atomic mass is 10.2. The Balaban J connectivity index is 1.69. The van der Waals surface area contributed by atoms with Gasteiger partial charge in [-0.2, -0.15) is 0 Å². The Morgan fingerprint density at radius 1 is 0.917 bits per heavy atom. The lowest BCUT2D eigenvalue weighted by Gasteiger charge is -2.28. The summed E-state index contributed by atoms with van der Waals surface area (Å²) in [5.74, 6) is 0.225. The summed E-state index contributed by atoms with van der Waals surface area (Å²) in [5, 5.41) is 2.70. The third kappa shape index (κ3) is 7.32. The van der Waals surface area contributed by atoms with Gasteiger partial charge in [-0.1, -0.05) is 31.5 Å². The van der Waals surface area contributed by atoms with Gasteiger partial charge >= 0.3 is 5.97 Å². The second-order valence-electron chi connectivity index (χ2n) is 8.20. The standard InChI is InChI=1S/C27H30N2O6S/c1-4-5-19-34-27(31)21-11-13-22(14-12-21)28-26(30)20(2)29(36(3,32)33)23-15-17-25(18-16-23)35-24-9-7-6-8-10-24/h6-18,20H,4-5,19H2,1-3H3,(H,28,30)/t20-/m0/s1. The molecule has 0 spiro atoms. The van der Waals surface area contributed by atoms with E-state index in [0.29, 0.717) is 35.0 Å². The first kappa shape index (κ1) is 26.7. The summed E-state index contributed by atoms with van der Waals surface area (Å²) in [6.07, 6.45) is 2.76. The molecule has 0 heterocycles. The maximum atomic E-state index is 12.9. The summed E-state index contributed by atoms with van der Waals surface area (Å²) in [7, 11) is -3.78. The fraction of sp³-hybridized carbons (Fsp3) is 0.259. The van der Waals surface area contributed by atoms with Crippen LogP contribution in [0.4, 0.5) is 11.4 Å². The van der Waals surface area contributed by atoms with Crippen LogP contribution in [0.15, 0.2) is 78.9 Å². The number of rotatable bonds is 11. The number of sulfonamides is 1. The number of amides is 1. The Labute approximate surface area is 211 Å². The third-order valence-electron chi connectivity index (χ3n) is 5.28. The van der Waals surface area contributed by atoms with Crippen LogP contribution in [0.2, 0.25) is 0 Å². The van der Waals surface area contributed by atoms with E-state index in [1.807, 2.05) is 37.3 Å². The van der Waals surface area contributed by atoms with E-state index < -0.39 is 27.9 Å². The molecule has 0 aliphatic rings. The number of nitrogens with one attached hydrogen (secondary N) is 1. The van der Waals surface area contributed by atoms with Crippen LogP contribution in [0.1, 0.15) is 37.0 Å². The molecule has 1 N–H and O–H groups in total. The minimum atomic E-state index is -3.78. The fourth-order valence-electron chi connectivity index (χ4n) is 3.42. The summed E-state index contributed by atoms with van der Waals surface area (Å²) in [5.41, 5.74) is 1.12. The van der Waals surface area contributed by atoms with Crippen LogP contribution in [0, 0.1) is 0 Å². The SMILES string of the molecule is CCCCOC(=O)c1ccc(NC(=O)[C@H](C)N(c2ccc(Oc3ccccc3)cc2)S(C)(=O)=O)cc1. The van der Waals surface area contributed by atoms with Crippen LogP contribution in [0.5, 0.6) is 11.5 Å². The zero-order valence-electron chi connectivity index (χ0n) is 20.5. The van der Waals surface area contributed by atoms with Crippen LogP contribution in [0.25, 0.3) is 0 Å². The predicted molar refractivity (Wildman–Crippen MR) is 140 cm³/mol. The molecule has 190 valence electrons. The van der Waals surface area contributed by atoms with Gasteiger partial charge < -0.3 is 14.8 Å². The average Bonchev–Trinajstić information content (AvgIpc) is 2.85. The molecule has 0 aliphatic carbocycles. The highest BCUT2D eigenvalue weighted by atomic mass is 32.2. The highest BCUT2D eigenvalue weighted by Crippen LogP contribution is 2.27. The lowest BCUT2D eigenvalue weighted by Crippen LogP contribution is -2.45. The first-order valence-corrected chi connectivity index (χ1v) is 13.4. The van der Waals surface area contributed by atoms with Crippen molar-refractivity contribution in [3.8, 4) is 11.5 Å². The molecule has 0 radical (unpaired) electrons. The molecule has 0 fully saturated rings. The summed E-state index contributed by atoms with van der Waals surface area (Å²) in [6, 6.07) is 20.9. The molecule has 1 amide bonds. The highest BCUT2D eigenvalue weighted by Gasteiger charge is 2.29. The molecule has 1 atom stereocenters. The fourth-order valence-corrected chi connectivity index (χ4v) is 4.60. The van der Waals surface area contributed by atoms with Crippen molar-refractivity contribution >= 4 is 33.3 Å². The molecule has 9 heteroatoms. The van der Waals surface area contributed by atoms with Gasteiger partial charge in [-0.25, -0.2) is 13.2 Å². The number of nitrogens with zero attached hydrogens (tertiary/aromatic N) is 1. The van der Waals surface area contributed by atoms with E-state index in [2.05, 4.69) is 5.32 Å². The second-order valence-corrected chi connectivity index (χ2v) is 10.1. The van der Waals surface area contributed by atoms with Gasteiger partial charge in [0, 0.05) is 5.69 Å². The smallest absolute Gasteiger partial charge is 0.338 e. The Kier molecular flexibility index (Phi) is 9.08. The van der Waals surface area contributed by atoms with Crippen LogP contribution in [0.3, 0.4) is 0 Å². The largest absolute Gasteiger partial charge is 0.462 e. The van der Waals surface area contributed by atoms with E-state index in [0.717, 1.165) is 23.4 Å². The third-order valence-corrected chi connectivity index (χ3v) is 6.52. The molecular formula is C27H30N2O6S. The Morgan fingerprint density at radius 2 is 1.53 bits per heavy atom. The van der Waals surface area contributed by atoms with Gasteiger partial charge in [0.05, 0.1) is 24.1 Å². The number of para-hydroxylation sites is 1. The van der Waals surface area contributed by atoms with Crippen molar-refractivity contribution in [2.75, 3.05) is 22.5 Å². The van der Waals surface area contributed by atoms with E-state index in [1.165, 1.54) is 6.92 Å². The van der Waals surface area contributed by atoms with E-state index in [-0.39, 0.29) is 0 Å². The topological polar surface area (TPSA) is 102 Å². The maximum Gasteiger partial charge on any atom is 0.338 e. The molecular weight excluding hydrogens is 480 g/mol. The Hall–Kier alpha value is -3.85. The van der Waals surface area contributed by atoms with Crippen molar-refractivity contribution in [2.45, 2.75) is 32.7 Å². The van der Waals surface area contributed by atoms with Crippen molar-refractivity contribution < 1.29 is 27.5 Å². The number of esters is 1. The van der Waals surface area contributed by atoms with Gasteiger partial charge in [-0.3, -0.25) is 9.10 Å². The number of carbonyl (C=O) groups excluding carboxylic acids is 2. The zero-order chi connectivity index (χ0) is 26.1. The van der Waals surface area contributed by atoms with Crippen LogP contribution in [-0.4, -0.2) is 39.2 Å². The monoisotopic (exact) mass is 510 g/mol. The van der Waals surface area contributed by atoms with Crippen molar-refractivity contribution in [1.29, 1.82) is 0 Å². The summed E-state index contributed by atoms with van der Waals surface area (Å²) in [6.45, 7) is 3.86. The number of benzene rings is 3. The van der Waals surface area contributed by atoms with E-state index in [4.69, 9.17) is 9.47 Å². The van der Waals surface area contributed by atoms with E-state index in [1.54, 1.807) is 48.5 Å². The molecule has 0 bridgehead atoms. The first-order chi connectivity index (χ1) is 17.2. The molecule has 3 aromatic carbocycles. The number of unbranched alkanes of at least 4 members (excludes halogenated alkanes) is 1. The number of hydrogen-bond acceptors (Lipinski definition) is 6. The number of hydrogen-bond donors (Lipinski definition) is 1. The second kappa shape index (κ2) is 12.2. The number of anilines is 2. The van der Waals surface area contributed by atoms with Gasteiger partial charge in [0.15, 0.2) is 0 Å². The molecule has 3 rings (SSSR count). The zero-order valence-corrected chi connectivity index (χ0v) is 21.3. The number of carbonyl (C=O) groups is 2. The van der Waals surface area contributed by atoms with E-state index >= 15 is 0 Å². The van der Waals surface area contributed by atoms with Gasteiger partial charge in [-0.15, -0.1) is 0 Å². The average molecular weight is 511 g/mol. The predicted octanol–water partition coefficient (Wildman–Crippen LogP) is 5.23. The van der Waals surface area contributed by atoms with Crippen LogP contribution in [-0.2, 0) is 19.6 Å². The van der Waals surface area contributed by atoms with Crippen molar-refractivity contribution in [1.82, 2.24) is 0 Å². The minimum Gasteiger partial charge on any atom is -0.462 e. The van der Waals surface area contributed by atoms with Gasteiger partial charge in [0.2, 0.25) is 15.9 Å². The minimum absolute atomic E-state index is 0.325. The maximum absolute atomic E-state index is 12.9. The normalized spacial score (nSPS) is 11.9. The molecule has 0 saturated carbocycles. The first-order valence-electron chi connectivity index (χ1n) is 11.6. The van der Waals surface area contributed by atoms with Crippen molar-refractivity contribution in [3.05, 3.63) is 84.4 Å². The van der Waals surface area contributed by atoms with Gasteiger partial charge in [-0.05, 0) is 74.0 Å². The summed E-state index contributed by atoms with van der Waals surface area (Å²) >= 11 is 0. The number of ether oxygens (including phenoxy) is 2. The summed E-state index contributed by atoms with van der Waals surface area (Å²) < 4.78 is 37.2. The van der Waals surface area contributed by atoms with Gasteiger partial charge in [0.1, 0.15) is 17.5 Å². The molecule has 0 saturated heterocycles. The Morgan fingerprint density at radius 3 is 2.11 bits per heavy atom.